The summed E-state index contributed by atoms with van der Waals surface area (Å²) in [5.41, 5.74) is 0.226. The van der Waals surface area contributed by atoms with Gasteiger partial charge in [-0.15, -0.1) is 0 Å². The molecule has 1 amide bonds. The monoisotopic (exact) mass is 284 g/mol. The highest BCUT2D eigenvalue weighted by Gasteiger charge is 2.23. The van der Waals surface area contributed by atoms with E-state index in [4.69, 9.17) is 14.9 Å². The Kier molecular flexibility index (Phi) is 5.73. The molecule has 0 fully saturated rings. The van der Waals surface area contributed by atoms with E-state index in [1.807, 2.05) is 0 Å². The van der Waals surface area contributed by atoms with Gasteiger partial charge in [-0.25, -0.2) is 0 Å². The lowest BCUT2D eigenvalue weighted by atomic mass is 10.3. The van der Waals surface area contributed by atoms with Gasteiger partial charge in [0.1, 0.15) is 18.8 Å². The second kappa shape index (κ2) is 7.29. The van der Waals surface area contributed by atoms with Crippen molar-refractivity contribution < 1.29 is 29.3 Å². The molecule has 0 aromatic carbocycles. The van der Waals surface area contributed by atoms with E-state index in [-0.39, 0.29) is 5.69 Å². The van der Waals surface area contributed by atoms with Gasteiger partial charge >= 0.3 is 11.9 Å². The minimum absolute atomic E-state index is 0.226. The van der Waals surface area contributed by atoms with Gasteiger partial charge in [0.2, 0.25) is 0 Å². The number of nitrogens with zero attached hydrogens (tertiary/aromatic N) is 2. The van der Waals surface area contributed by atoms with E-state index in [1.165, 1.54) is 13.2 Å². The van der Waals surface area contributed by atoms with Gasteiger partial charge in [-0.1, -0.05) is 0 Å². The molecule has 0 aliphatic carbocycles. The SMILES string of the molecule is COCCn1cccc1C(=O)N(CC(=O)O)CC(=O)O. The van der Waals surface area contributed by atoms with Gasteiger partial charge in [0.25, 0.3) is 5.91 Å². The Balaban J connectivity index is 2.90. The molecule has 8 heteroatoms. The van der Waals surface area contributed by atoms with Gasteiger partial charge in [-0.05, 0) is 12.1 Å². The topological polar surface area (TPSA) is 109 Å². The number of rotatable bonds is 8. The summed E-state index contributed by atoms with van der Waals surface area (Å²) < 4.78 is 6.49. The fraction of sp³-hybridized carbons (Fsp3) is 0.417. The lowest BCUT2D eigenvalue weighted by molar-refractivity contribution is -0.140. The lowest BCUT2D eigenvalue weighted by Gasteiger charge is -2.19. The molecule has 0 saturated carbocycles. The van der Waals surface area contributed by atoms with Crippen LogP contribution in [0.25, 0.3) is 0 Å². The van der Waals surface area contributed by atoms with Gasteiger partial charge in [-0.3, -0.25) is 14.4 Å². The van der Waals surface area contributed by atoms with Gasteiger partial charge in [-0.2, -0.15) is 0 Å². The van der Waals surface area contributed by atoms with Crippen molar-refractivity contribution in [2.75, 3.05) is 26.8 Å². The molecule has 110 valence electrons. The van der Waals surface area contributed by atoms with E-state index in [0.717, 1.165) is 4.90 Å². The van der Waals surface area contributed by atoms with Crippen LogP contribution in [0.4, 0.5) is 0 Å². The molecule has 0 atom stereocenters. The Morgan fingerprint density at radius 2 is 1.85 bits per heavy atom. The summed E-state index contributed by atoms with van der Waals surface area (Å²) in [5.74, 6) is -3.18. The predicted molar refractivity (Wildman–Crippen MR) is 67.5 cm³/mol. The van der Waals surface area contributed by atoms with E-state index in [1.54, 1.807) is 16.8 Å². The van der Waals surface area contributed by atoms with Crippen molar-refractivity contribution in [1.82, 2.24) is 9.47 Å². The number of ether oxygens (including phenoxy) is 1. The molecule has 0 bridgehead atoms. The zero-order valence-corrected chi connectivity index (χ0v) is 11.0. The summed E-state index contributed by atoms with van der Waals surface area (Å²) in [5, 5.41) is 17.5. The molecular formula is C12H16N2O6. The van der Waals surface area contributed by atoms with E-state index in [0.29, 0.717) is 13.2 Å². The largest absolute Gasteiger partial charge is 0.480 e. The number of aromatic nitrogens is 1. The van der Waals surface area contributed by atoms with E-state index in [9.17, 15) is 14.4 Å². The Bertz CT molecular complexity index is 480. The smallest absolute Gasteiger partial charge is 0.323 e. The molecule has 0 unspecified atom stereocenters. The highest BCUT2D eigenvalue weighted by Crippen LogP contribution is 2.07. The Morgan fingerprint density at radius 1 is 1.25 bits per heavy atom. The average Bonchev–Trinajstić information content (AvgIpc) is 2.81. The van der Waals surface area contributed by atoms with Gasteiger partial charge in [0.05, 0.1) is 6.61 Å². The fourth-order valence-electron chi connectivity index (χ4n) is 1.68. The van der Waals surface area contributed by atoms with Crippen LogP contribution in [0.5, 0.6) is 0 Å². The second-order valence-electron chi connectivity index (χ2n) is 4.03. The number of methoxy groups -OCH3 is 1. The van der Waals surface area contributed by atoms with Crippen LogP contribution in [0.3, 0.4) is 0 Å². The average molecular weight is 284 g/mol. The second-order valence-corrected chi connectivity index (χ2v) is 4.03. The van der Waals surface area contributed by atoms with Crippen molar-refractivity contribution >= 4 is 17.8 Å². The van der Waals surface area contributed by atoms with Crippen LogP contribution in [-0.2, 0) is 20.9 Å². The number of hydrogen-bond donors (Lipinski definition) is 2. The molecule has 8 nitrogen and oxygen atoms in total. The minimum atomic E-state index is -1.27. The first-order chi connectivity index (χ1) is 9.45. The highest BCUT2D eigenvalue weighted by atomic mass is 16.5. The number of carbonyl (C=O) groups excluding carboxylic acids is 1. The molecule has 0 aliphatic heterocycles. The van der Waals surface area contributed by atoms with Crippen molar-refractivity contribution in [3.8, 4) is 0 Å². The summed E-state index contributed by atoms with van der Waals surface area (Å²) in [4.78, 5) is 34.4. The third-order valence-corrected chi connectivity index (χ3v) is 2.52. The van der Waals surface area contributed by atoms with E-state index in [2.05, 4.69) is 0 Å². The number of hydrogen-bond acceptors (Lipinski definition) is 4. The maximum atomic E-state index is 12.2. The van der Waals surface area contributed by atoms with E-state index < -0.39 is 30.9 Å². The zero-order chi connectivity index (χ0) is 15.1. The van der Waals surface area contributed by atoms with Crippen LogP contribution >= 0.6 is 0 Å². The molecule has 0 aliphatic rings. The normalized spacial score (nSPS) is 10.2. The van der Waals surface area contributed by atoms with Crippen molar-refractivity contribution in [3.63, 3.8) is 0 Å². The van der Waals surface area contributed by atoms with Crippen LogP contribution in [0, 0.1) is 0 Å². The lowest BCUT2D eigenvalue weighted by Crippen LogP contribution is -2.40. The van der Waals surface area contributed by atoms with E-state index >= 15 is 0 Å². The van der Waals surface area contributed by atoms with Crippen LogP contribution < -0.4 is 0 Å². The van der Waals surface area contributed by atoms with Gasteiger partial charge in [0.15, 0.2) is 0 Å². The number of carboxylic acid groups (broad SMARTS) is 2. The molecular weight excluding hydrogens is 268 g/mol. The molecule has 1 heterocycles. The van der Waals surface area contributed by atoms with Crippen molar-refractivity contribution in [1.29, 1.82) is 0 Å². The number of carboxylic acids is 2. The fourth-order valence-corrected chi connectivity index (χ4v) is 1.68. The molecule has 0 saturated heterocycles. The van der Waals surface area contributed by atoms with Gasteiger partial charge < -0.3 is 24.4 Å². The summed E-state index contributed by atoms with van der Waals surface area (Å²) >= 11 is 0. The zero-order valence-electron chi connectivity index (χ0n) is 11.0. The van der Waals surface area contributed by atoms with Crippen LogP contribution in [0.2, 0.25) is 0 Å². The predicted octanol–water partition coefficient (Wildman–Crippen LogP) is -0.254. The number of amides is 1. The first kappa shape index (κ1) is 15.7. The maximum absolute atomic E-state index is 12.2. The Hall–Kier alpha value is -2.35. The van der Waals surface area contributed by atoms with Crippen molar-refractivity contribution in [3.05, 3.63) is 24.0 Å². The highest BCUT2D eigenvalue weighted by molar-refractivity contribution is 5.96. The number of carbonyl (C=O) groups is 3. The van der Waals surface area contributed by atoms with Crippen LogP contribution in [0.1, 0.15) is 10.5 Å². The number of aliphatic carboxylic acids is 2. The van der Waals surface area contributed by atoms with Crippen LogP contribution in [0.15, 0.2) is 18.3 Å². The molecule has 0 radical (unpaired) electrons. The Morgan fingerprint density at radius 3 is 2.35 bits per heavy atom. The summed E-state index contributed by atoms with van der Waals surface area (Å²) in [6.07, 6.45) is 1.64. The maximum Gasteiger partial charge on any atom is 0.323 e. The first-order valence-corrected chi connectivity index (χ1v) is 5.82. The molecule has 0 spiro atoms. The summed E-state index contributed by atoms with van der Waals surface area (Å²) in [6, 6.07) is 3.14. The minimum Gasteiger partial charge on any atom is -0.480 e. The Labute approximate surface area is 115 Å². The molecule has 20 heavy (non-hydrogen) atoms. The molecule has 1 aromatic rings. The summed E-state index contributed by atoms with van der Waals surface area (Å²) in [7, 11) is 1.52. The molecule has 1 aromatic heterocycles. The first-order valence-electron chi connectivity index (χ1n) is 5.82. The van der Waals surface area contributed by atoms with Crippen molar-refractivity contribution in [2.24, 2.45) is 0 Å². The molecule has 1 rings (SSSR count). The van der Waals surface area contributed by atoms with Gasteiger partial charge in [0, 0.05) is 19.9 Å². The summed E-state index contributed by atoms with van der Waals surface area (Å²) in [6.45, 7) is -0.535. The van der Waals surface area contributed by atoms with Crippen molar-refractivity contribution in [2.45, 2.75) is 6.54 Å². The quantitative estimate of drug-likeness (QED) is 0.681. The third-order valence-electron chi connectivity index (χ3n) is 2.52. The molecule has 2 N–H and O–H groups in total. The third kappa shape index (κ3) is 4.39. The van der Waals surface area contributed by atoms with Crippen LogP contribution in [-0.4, -0.2) is 64.3 Å². The standard InChI is InChI=1S/C12H16N2O6/c1-20-6-5-13-4-2-3-9(13)12(19)14(7-10(15)16)8-11(17)18/h2-4H,5-8H2,1H3,(H,15,16)(H,17,18).